The van der Waals surface area contributed by atoms with Crippen LogP contribution >= 0.6 is 23.1 Å². The molecule has 130 valence electrons. The maximum atomic E-state index is 12.3. The molecule has 0 bridgehead atoms. The quantitative estimate of drug-likeness (QED) is 0.474. The van der Waals surface area contributed by atoms with Crippen LogP contribution in [-0.4, -0.2) is 40.9 Å². The van der Waals surface area contributed by atoms with E-state index in [-0.39, 0.29) is 24.8 Å². The van der Waals surface area contributed by atoms with Crippen molar-refractivity contribution in [3.05, 3.63) is 36.9 Å². The summed E-state index contributed by atoms with van der Waals surface area (Å²) in [4.78, 5) is 26.1. The summed E-state index contributed by atoms with van der Waals surface area (Å²) in [5.74, 6) is 0.836. The number of amides is 2. The third kappa shape index (κ3) is 4.37. The number of benzene rings is 1. The molecular formula is C16H16N4O3S2. The Labute approximate surface area is 153 Å². The van der Waals surface area contributed by atoms with E-state index in [0.29, 0.717) is 23.2 Å². The van der Waals surface area contributed by atoms with Gasteiger partial charge in [-0.3, -0.25) is 19.8 Å². The molecule has 0 spiro atoms. The normalized spacial score (nSPS) is 13.6. The van der Waals surface area contributed by atoms with Gasteiger partial charge in [0.2, 0.25) is 16.9 Å². The Morgan fingerprint density at radius 3 is 3.12 bits per heavy atom. The van der Waals surface area contributed by atoms with Crippen molar-refractivity contribution in [2.45, 2.75) is 10.8 Å². The molecule has 25 heavy (non-hydrogen) atoms. The Morgan fingerprint density at radius 1 is 1.44 bits per heavy atom. The van der Waals surface area contributed by atoms with Crippen LogP contribution in [0.15, 0.2) is 41.3 Å². The van der Waals surface area contributed by atoms with Gasteiger partial charge >= 0.3 is 0 Å². The predicted octanol–water partition coefficient (Wildman–Crippen LogP) is 2.57. The van der Waals surface area contributed by atoms with E-state index >= 15 is 0 Å². The van der Waals surface area contributed by atoms with Crippen LogP contribution in [0, 0.1) is 0 Å². The lowest BCUT2D eigenvalue weighted by Crippen LogP contribution is -2.37. The number of rotatable bonds is 6. The van der Waals surface area contributed by atoms with Crippen molar-refractivity contribution in [1.29, 1.82) is 0 Å². The van der Waals surface area contributed by atoms with E-state index in [1.807, 2.05) is 6.07 Å². The molecule has 0 aliphatic carbocycles. The van der Waals surface area contributed by atoms with E-state index in [2.05, 4.69) is 22.1 Å². The molecule has 0 saturated carbocycles. The topological polar surface area (TPSA) is 84.4 Å². The van der Waals surface area contributed by atoms with Gasteiger partial charge in [0.25, 0.3) is 0 Å². The summed E-state index contributed by atoms with van der Waals surface area (Å²) < 4.78 is 6.31. The number of para-hydroxylation sites is 2. The lowest BCUT2D eigenvalue weighted by atomic mass is 10.2. The molecule has 2 heterocycles. The maximum Gasteiger partial charge on any atom is 0.246 e. The zero-order valence-electron chi connectivity index (χ0n) is 13.3. The predicted molar refractivity (Wildman–Crippen MR) is 98.4 cm³/mol. The zero-order chi connectivity index (χ0) is 17.6. The van der Waals surface area contributed by atoms with Gasteiger partial charge in [0.1, 0.15) is 12.3 Å². The third-order valence-electron chi connectivity index (χ3n) is 3.31. The second-order valence-electron chi connectivity index (χ2n) is 5.07. The Balaban J connectivity index is 1.68. The number of carbonyl (C=O) groups excluding carboxylic acids is 2. The second kappa shape index (κ2) is 8.13. The molecule has 1 N–H and O–H groups in total. The molecular weight excluding hydrogens is 360 g/mol. The summed E-state index contributed by atoms with van der Waals surface area (Å²) in [6, 6.07) is 7.18. The molecule has 0 radical (unpaired) electrons. The largest absolute Gasteiger partial charge is 0.491 e. The highest BCUT2D eigenvalue weighted by molar-refractivity contribution is 8.01. The van der Waals surface area contributed by atoms with Gasteiger partial charge in [0.15, 0.2) is 4.34 Å². The average Bonchev–Trinajstić information content (AvgIpc) is 2.99. The Bertz CT molecular complexity index is 793. The number of thioether (sulfide) groups is 1. The summed E-state index contributed by atoms with van der Waals surface area (Å²) in [5.41, 5.74) is 0.597. The van der Waals surface area contributed by atoms with E-state index < -0.39 is 0 Å². The fraction of sp³-hybridized carbons (Fsp3) is 0.250. The number of aromatic nitrogens is 2. The Hall–Kier alpha value is -2.39. The molecule has 0 fully saturated rings. The van der Waals surface area contributed by atoms with Crippen molar-refractivity contribution in [3.8, 4) is 5.75 Å². The number of nitrogens with zero attached hydrogens (tertiary/aromatic N) is 3. The molecule has 9 heteroatoms. The van der Waals surface area contributed by atoms with Crippen LogP contribution in [0.5, 0.6) is 5.75 Å². The number of hydrogen-bond acceptors (Lipinski definition) is 7. The minimum absolute atomic E-state index is 0.103. The summed E-state index contributed by atoms with van der Waals surface area (Å²) >= 11 is 2.78. The first kappa shape index (κ1) is 17.4. The number of carbonyl (C=O) groups is 2. The number of hydrogen-bond donors (Lipinski definition) is 1. The maximum absolute atomic E-state index is 12.3. The van der Waals surface area contributed by atoms with Crippen molar-refractivity contribution in [1.82, 2.24) is 10.2 Å². The first-order valence-electron chi connectivity index (χ1n) is 7.56. The van der Waals surface area contributed by atoms with Gasteiger partial charge in [0, 0.05) is 5.75 Å². The average molecular weight is 376 g/mol. The van der Waals surface area contributed by atoms with Gasteiger partial charge in [-0.05, 0) is 12.1 Å². The van der Waals surface area contributed by atoms with Crippen LogP contribution in [0.25, 0.3) is 0 Å². The lowest BCUT2D eigenvalue weighted by Gasteiger charge is -2.20. The highest BCUT2D eigenvalue weighted by Gasteiger charge is 2.25. The molecule has 2 amide bonds. The highest BCUT2D eigenvalue weighted by atomic mass is 32.2. The third-order valence-corrected chi connectivity index (χ3v) is 5.28. The first-order valence-corrected chi connectivity index (χ1v) is 9.37. The van der Waals surface area contributed by atoms with E-state index in [1.165, 1.54) is 28.0 Å². The van der Waals surface area contributed by atoms with Gasteiger partial charge in [0.05, 0.1) is 18.7 Å². The van der Waals surface area contributed by atoms with E-state index in [4.69, 9.17) is 4.74 Å². The van der Waals surface area contributed by atoms with Crippen molar-refractivity contribution in [3.63, 3.8) is 0 Å². The van der Waals surface area contributed by atoms with Gasteiger partial charge in [-0.15, -0.1) is 16.8 Å². The standard InChI is InChI=1S/C16H16N4O3S2/c1-2-9-24-16-19-18-15(25-16)17-13(21)10-20-11-5-3-4-6-12(11)23-8-7-14(20)22/h2-6H,1,7-10H2,(H,17,18,21). The van der Waals surface area contributed by atoms with Crippen molar-refractivity contribution in [2.75, 3.05) is 29.1 Å². The summed E-state index contributed by atoms with van der Waals surface area (Å²) in [7, 11) is 0. The fourth-order valence-electron chi connectivity index (χ4n) is 2.24. The van der Waals surface area contributed by atoms with Crippen LogP contribution in [0.4, 0.5) is 10.8 Å². The second-order valence-corrected chi connectivity index (χ2v) is 7.31. The van der Waals surface area contributed by atoms with Crippen LogP contribution < -0.4 is 15.0 Å². The molecule has 1 aliphatic heterocycles. The van der Waals surface area contributed by atoms with Crippen molar-refractivity contribution in [2.24, 2.45) is 0 Å². The lowest BCUT2D eigenvalue weighted by molar-refractivity contribution is -0.121. The number of ether oxygens (including phenoxy) is 1. The monoisotopic (exact) mass is 376 g/mol. The number of fused-ring (bicyclic) bond motifs is 1. The molecule has 1 aromatic heterocycles. The van der Waals surface area contributed by atoms with Gasteiger partial charge < -0.3 is 4.74 Å². The molecule has 3 rings (SSSR count). The minimum Gasteiger partial charge on any atom is -0.491 e. The zero-order valence-corrected chi connectivity index (χ0v) is 14.9. The summed E-state index contributed by atoms with van der Waals surface area (Å²) in [6.45, 7) is 3.84. The molecule has 1 aromatic carbocycles. The van der Waals surface area contributed by atoms with Crippen molar-refractivity contribution >= 4 is 45.7 Å². The summed E-state index contributed by atoms with van der Waals surface area (Å²) in [5, 5.41) is 11.0. The Morgan fingerprint density at radius 2 is 2.28 bits per heavy atom. The SMILES string of the molecule is C=CCSc1nnc(NC(=O)CN2C(=O)CCOc3ccccc32)s1. The van der Waals surface area contributed by atoms with Crippen LogP contribution in [0.2, 0.25) is 0 Å². The van der Waals surface area contributed by atoms with Gasteiger partial charge in [-0.2, -0.15) is 0 Å². The molecule has 0 saturated heterocycles. The molecule has 0 unspecified atom stereocenters. The van der Waals surface area contributed by atoms with Crippen molar-refractivity contribution < 1.29 is 14.3 Å². The molecule has 1 aliphatic rings. The number of nitrogens with one attached hydrogen (secondary N) is 1. The fourth-order valence-corrected chi connectivity index (χ4v) is 3.77. The molecule has 0 atom stereocenters. The smallest absolute Gasteiger partial charge is 0.246 e. The highest BCUT2D eigenvalue weighted by Crippen LogP contribution is 2.31. The first-order chi connectivity index (χ1) is 12.2. The van der Waals surface area contributed by atoms with Crippen LogP contribution in [0.3, 0.4) is 0 Å². The van der Waals surface area contributed by atoms with Crippen LogP contribution in [-0.2, 0) is 9.59 Å². The van der Waals surface area contributed by atoms with Crippen LogP contribution in [0.1, 0.15) is 6.42 Å². The Kier molecular flexibility index (Phi) is 5.67. The molecule has 2 aromatic rings. The van der Waals surface area contributed by atoms with Gasteiger partial charge in [-0.1, -0.05) is 41.3 Å². The van der Waals surface area contributed by atoms with E-state index in [0.717, 1.165) is 10.1 Å². The number of anilines is 2. The van der Waals surface area contributed by atoms with E-state index in [9.17, 15) is 9.59 Å². The van der Waals surface area contributed by atoms with E-state index in [1.54, 1.807) is 24.3 Å². The minimum atomic E-state index is -0.332. The van der Waals surface area contributed by atoms with Gasteiger partial charge in [-0.25, -0.2) is 0 Å². The molecule has 7 nitrogen and oxygen atoms in total. The summed E-state index contributed by atoms with van der Waals surface area (Å²) in [6.07, 6.45) is 2.00.